The quantitative estimate of drug-likeness (QED) is 0.418. The highest BCUT2D eigenvalue weighted by Crippen LogP contribution is 2.09. The molecule has 0 radical (unpaired) electrons. The molecule has 0 saturated carbocycles. The number of carbonyl (C=O) groups is 3. The minimum atomic E-state index is -0.526. The predicted molar refractivity (Wildman–Crippen MR) is 138 cm³/mol. The van der Waals surface area contributed by atoms with E-state index in [1.165, 1.54) is 0 Å². The first-order chi connectivity index (χ1) is 16.1. The second-order valence-electron chi connectivity index (χ2n) is 11.4. The molecule has 0 aromatic rings. The van der Waals surface area contributed by atoms with Crippen LogP contribution in [0.25, 0.3) is 0 Å². The van der Waals surface area contributed by atoms with Gasteiger partial charge in [0.1, 0.15) is 11.2 Å². The van der Waals surface area contributed by atoms with Crippen LogP contribution < -0.4 is 5.32 Å². The summed E-state index contributed by atoms with van der Waals surface area (Å²) >= 11 is 0. The predicted octanol–water partition coefficient (Wildman–Crippen LogP) is 1.71. The minimum absolute atomic E-state index is 0.0520. The monoisotopic (exact) mass is 496 g/mol. The van der Waals surface area contributed by atoms with Crippen molar-refractivity contribution in [3.63, 3.8) is 0 Å². The largest absolute Gasteiger partial charge is 0.459 e. The first-order valence-electron chi connectivity index (χ1n) is 12.6. The van der Waals surface area contributed by atoms with Crippen LogP contribution in [0.4, 0.5) is 0 Å². The van der Waals surface area contributed by atoms with Gasteiger partial charge in [-0.25, -0.2) is 0 Å². The van der Waals surface area contributed by atoms with Crippen LogP contribution in [0.1, 0.15) is 55.4 Å². The third kappa shape index (κ3) is 16.5. The van der Waals surface area contributed by atoms with Gasteiger partial charge in [0.05, 0.1) is 19.6 Å². The van der Waals surface area contributed by atoms with E-state index >= 15 is 0 Å². The summed E-state index contributed by atoms with van der Waals surface area (Å²) in [6.07, 6.45) is 1.66. The van der Waals surface area contributed by atoms with Crippen LogP contribution in [0.2, 0.25) is 0 Å². The average molecular weight is 497 g/mol. The number of rotatable bonds is 7. The zero-order valence-electron chi connectivity index (χ0n) is 23.2. The van der Waals surface area contributed by atoms with E-state index in [1.54, 1.807) is 6.08 Å². The lowest BCUT2D eigenvalue weighted by molar-refractivity contribution is -0.157. The summed E-state index contributed by atoms with van der Waals surface area (Å²) in [5, 5.41) is 3.41. The molecule has 0 bridgehead atoms. The van der Waals surface area contributed by atoms with Gasteiger partial charge in [0.25, 0.3) is 0 Å². The maximum atomic E-state index is 12.5. The highest BCUT2D eigenvalue weighted by molar-refractivity contribution is 5.91. The lowest BCUT2D eigenvalue weighted by Gasteiger charge is -2.31. The summed E-state index contributed by atoms with van der Waals surface area (Å²) in [6.45, 7) is 21.0. The Morgan fingerprint density at radius 3 is 1.40 bits per heavy atom. The zero-order chi connectivity index (χ0) is 26.6. The Hall–Kier alpha value is -1.81. The van der Waals surface area contributed by atoms with E-state index in [-0.39, 0.29) is 30.8 Å². The van der Waals surface area contributed by atoms with E-state index in [2.05, 4.69) is 20.0 Å². The molecule has 1 aliphatic rings. The Bertz CT molecular complexity index is 676. The van der Waals surface area contributed by atoms with Crippen LogP contribution in [0, 0.1) is 0 Å². The van der Waals surface area contributed by atoms with Gasteiger partial charge in [-0.3, -0.25) is 29.1 Å². The number of ketones is 1. The Morgan fingerprint density at radius 1 is 0.686 bits per heavy atom. The van der Waals surface area contributed by atoms with Crippen molar-refractivity contribution in [1.82, 2.24) is 20.0 Å². The highest BCUT2D eigenvalue weighted by atomic mass is 16.6. The molecule has 1 N–H and O–H groups in total. The molecule has 1 aliphatic heterocycles. The Kier molecular flexibility index (Phi) is 13.1. The van der Waals surface area contributed by atoms with Gasteiger partial charge in [0, 0.05) is 52.4 Å². The Morgan fingerprint density at radius 2 is 1.06 bits per heavy atom. The van der Waals surface area contributed by atoms with Crippen LogP contribution in [0.3, 0.4) is 0 Å². The van der Waals surface area contributed by atoms with E-state index < -0.39 is 11.2 Å². The van der Waals surface area contributed by atoms with E-state index in [0.717, 1.165) is 5.57 Å². The molecule has 1 heterocycles. The van der Waals surface area contributed by atoms with E-state index in [0.29, 0.717) is 58.9 Å². The normalized spacial score (nSPS) is 18.2. The zero-order valence-corrected chi connectivity index (χ0v) is 23.2. The molecule has 202 valence electrons. The van der Waals surface area contributed by atoms with Crippen LogP contribution in [0.15, 0.2) is 11.6 Å². The van der Waals surface area contributed by atoms with Gasteiger partial charge in [-0.15, -0.1) is 0 Å². The molecule has 0 spiro atoms. The van der Waals surface area contributed by atoms with Crippen molar-refractivity contribution in [2.75, 3.05) is 72.0 Å². The van der Waals surface area contributed by atoms with Crippen molar-refractivity contribution >= 4 is 17.7 Å². The van der Waals surface area contributed by atoms with Gasteiger partial charge in [-0.05, 0) is 61.5 Å². The van der Waals surface area contributed by atoms with Crippen molar-refractivity contribution < 1.29 is 23.9 Å². The lowest BCUT2D eigenvalue weighted by Crippen LogP contribution is -2.48. The average Bonchev–Trinajstić information content (AvgIpc) is 2.64. The maximum absolute atomic E-state index is 12.5. The fraction of sp³-hybridized carbons (Fsp3) is 0.808. The Balaban J connectivity index is 2.88. The number of nitrogens with zero attached hydrogens (tertiary/aromatic N) is 3. The van der Waals surface area contributed by atoms with Gasteiger partial charge >= 0.3 is 11.9 Å². The van der Waals surface area contributed by atoms with Crippen LogP contribution in [-0.2, 0) is 23.9 Å². The molecular formula is C26H48N4O5. The van der Waals surface area contributed by atoms with E-state index in [9.17, 15) is 14.4 Å². The third-order valence-electron chi connectivity index (χ3n) is 5.05. The van der Waals surface area contributed by atoms with Crippen molar-refractivity contribution in [2.24, 2.45) is 0 Å². The third-order valence-corrected chi connectivity index (χ3v) is 5.05. The number of ether oxygens (including phenoxy) is 2. The second kappa shape index (κ2) is 14.7. The van der Waals surface area contributed by atoms with Crippen molar-refractivity contribution in [3.05, 3.63) is 11.6 Å². The summed E-state index contributed by atoms with van der Waals surface area (Å²) in [5.41, 5.74) is -0.0849. The molecule has 0 aromatic heterocycles. The Labute approximate surface area is 212 Å². The number of nitrogens with one attached hydrogen (secondary N) is 1. The van der Waals surface area contributed by atoms with Gasteiger partial charge in [-0.1, -0.05) is 5.57 Å². The number of carbonyl (C=O) groups excluding carboxylic acids is 3. The molecule has 9 heteroatoms. The van der Waals surface area contributed by atoms with E-state index in [4.69, 9.17) is 9.47 Å². The molecule has 0 aromatic carbocycles. The van der Waals surface area contributed by atoms with E-state index in [1.807, 2.05) is 55.4 Å². The summed E-state index contributed by atoms with van der Waals surface area (Å²) in [7, 11) is 0. The molecule has 1 saturated heterocycles. The van der Waals surface area contributed by atoms with Crippen LogP contribution >= 0.6 is 0 Å². The van der Waals surface area contributed by atoms with Crippen molar-refractivity contribution in [3.8, 4) is 0 Å². The SMILES string of the molecule is CC(C)=CC(=O)CN1CCN(CC(=O)OC(C)(C)C)CCNCCN(CC(=O)OC(C)(C)C)CC1. The van der Waals surface area contributed by atoms with Gasteiger partial charge < -0.3 is 14.8 Å². The van der Waals surface area contributed by atoms with Crippen molar-refractivity contribution in [2.45, 2.75) is 66.6 Å². The molecule has 0 aliphatic carbocycles. The first kappa shape index (κ1) is 31.2. The molecule has 0 atom stereocenters. The highest BCUT2D eigenvalue weighted by Gasteiger charge is 2.22. The van der Waals surface area contributed by atoms with Crippen LogP contribution in [-0.4, -0.2) is 116 Å². The molecule has 0 amide bonds. The molecule has 0 unspecified atom stereocenters. The first-order valence-corrected chi connectivity index (χ1v) is 12.6. The fourth-order valence-electron chi connectivity index (χ4n) is 3.68. The topological polar surface area (TPSA) is 91.4 Å². The molecule has 9 nitrogen and oxygen atoms in total. The standard InChI is InChI=1S/C26H48N4O5/c1-21(2)17-22(31)18-30-15-13-28(19-23(32)34-25(3,4)5)11-9-27-10-12-29(14-16-30)20-24(33)35-26(6,7)8/h17,27H,9-16,18-20H2,1-8H3. The van der Waals surface area contributed by atoms with Crippen molar-refractivity contribution in [1.29, 1.82) is 0 Å². The summed E-state index contributed by atoms with van der Waals surface area (Å²) in [6, 6.07) is 0. The number of hydrogen-bond acceptors (Lipinski definition) is 9. The second-order valence-corrected chi connectivity index (χ2v) is 11.4. The minimum Gasteiger partial charge on any atom is -0.459 e. The summed E-state index contributed by atoms with van der Waals surface area (Å²) in [5.74, 6) is -0.447. The lowest BCUT2D eigenvalue weighted by atomic mass is 10.2. The van der Waals surface area contributed by atoms with Gasteiger partial charge in [-0.2, -0.15) is 0 Å². The molecule has 1 fully saturated rings. The maximum Gasteiger partial charge on any atom is 0.320 e. The summed E-state index contributed by atoms with van der Waals surface area (Å²) < 4.78 is 11.0. The number of hydrogen-bond donors (Lipinski definition) is 1. The summed E-state index contributed by atoms with van der Waals surface area (Å²) in [4.78, 5) is 43.6. The van der Waals surface area contributed by atoms with Gasteiger partial charge in [0.15, 0.2) is 5.78 Å². The smallest absolute Gasteiger partial charge is 0.320 e. The molecular weight excluding hydrogens is 448 g/mol. The van der Waals surface area contributed by atoms with Gasteiger partial charge in [0.2, 0.25) is 0 Å². The molecule has 35 heavy (non-hydrogen) atoms. The fourth-order valence-corrected chi connectivity index (χ4v) is 3.68. The molecule has 1 rings (SSSR count). The number of allylic oxidation sites excluding steroid dienone is 1. The van der Waals surface area contributed by atoms with Crippen LogP contribution in [0.5, 0.6) is 0 Å². The number of esters is 2.